The summed E-state index contributed by atoms with van der Waals surface area (Å²) >= 11 is 4.74. The van der Waals surface area contributed by atoms with Gasteiger partial charge in [0, 0.05) is 28.6 Å². The summed E-state index contributed by atoms with van der Waals surface area (Å²) in [6.45, 7) is 0.464. The molecule has 0 bridgehead atoms. The first-order chi connectivity index (χ1) is 8.54. The van der Waals surface area contributed by atoms with Gasteiger partial charge in [0.05, 0.1) is 18.2 Å². The zero-order valence-corrected chi connectivity index (χ0v) is 12.4. The van der Waals surface area contributed by atoms with Crippen LogP contribution in [0.1, 0.15) is 6.42 Å². The Kier molecular flexibility index (Phi) is 6.02. The maximum atomic E-state index is 11.7. The van der Waals surface area contributed by atoms with Crippen molar-refractivity contribution in [2.24, 2.45) is 0 Å². The first kappa shape index (κ1) is 14.9. The smallest absolute Gasteiger partial charge is 0.232 e. The fourth-order valence-electron chi connectivity index (χ4n) is 1.24. The molecular formula is C12H14BrN3OS. The van der Waals surface area contributed by atoms with Crippen molar-refractivity contribution in [2.75, 3.05) is 25.1 Å². The normalized spacial score (nSPS) is 9.83. The molecule has 0 radical (unpaired) electrons. The van der Waals surface area contributed by atoms with E-state index in [-0.39, 0.29) is 5.91 Å². The number of anilines is 1. The number of nitrogens with zero attached hydrogens (tertiary/aromatic N) is 2. The molecule has 0 unspecified atom stereocenters. The molecule has 1 aromatic carbocycles. The predicted molar refractivity (Wildman–Crippen MR) is 77.1 cm³/mol. The monoisotopic (exact) mass is 327 g/mol. The highest BCUT2D eigenvalue weighted by Crippen LogP contribution is 2.27. The summed E-state index contributed by atoms with van der Waals surface area (Å²) in [6, 6.07) is 7.60. The molecule has 0 heterocycles. The first-order valence-electron chi connectivity index (χ1n) is 5.33. The number of hydrogen-bond acceptors (Lipinski definition) is 4. The summed E-state index contributed by atoms with van der Waals surface area (Å²) < 4.78 is 0.918. The summed E-state index contributed by atoms with van der Waals surface area (Å²) in [7, 11) is 1.70. The van der Waals surface area contributed by atoms with E-state index in [1.807, 2.05) is 24.3 Å². The Bertz CT molecular complexity index is 473. The van der Waals surface area contributed by atoms with E-state index >= 15 is 0 Å². The highest BCUT2D eigenvalue weighted by molar-refractivity contribution is 9.10. The molecule has 6 heteroatoms. The lowest BCUT2D eigenvalue weighted by molar-refractivity contribution is -0.127. The summed E-state index contributed by atoms with van der Waals surface area (Å²) in [5.41, 5.74) is 6.50. The largest absolute Gasteiger partial charge is 0.398 e. The van der Waals surface area contributed by atoms with Gasteiger partial charge in [-0.05, 0) is 18.2 Å². The molecule has 0 aliphatic rings. The fraction of sp³-hybridized carbons (Fsp3) is 0.333. The van der Waals surface area contributed by atoms with Gasteiger partial charge in [0.25, 0.3) is 0 Å². The van der Waals surface area contributed by atoms with E-state index in [1.165, 1.54) is 11.8 Å². The SMILES string of the molecule is CN(CCC#N)C(=O)CSc1ccc(Br)cc1N. The topological polar surface area (TPSA) is 70.1 Å². The Balaban J connectivity index is 2.50. The van der Waals surface area contributed by atoms with E-state index in [4.69, 9.17) is 11.0 Å². The molecule has 0 aliphatic carbocycles. The maximum Gasteiger partial charge on any atom is 0.232 e. The average molecular weight is 328 g/mol. The number of benzene rings is 1. The molecule has 4 nitrogen and oxygen atoms in total. The van der Waals surface area contributed by atoms with E-state index in [9.17, 15) is 4.79 Å². The molecule has 18 heavy (non-hydrogen) atoms. The number of halogens is 1. The van der Waals surface area contributed by atoms with Gasteiger partial charge < -0.3 is 10.6 Å². The van der Waals surface area contributed by atoms with Gasteiger partial charge >= 0.3 is 0 Å². The van der Waals surface area contributed by atoms with Crippen LogP contribution in [0.25, 0.3) is 0 Å². The van der Waals surface area contributed by atoms with Crippen molar-refractivity contribution in [2.45, 2.75) is 11.3 Å². The maximum absolute atomic E-state index is 11.7. The zero-order chi connectivity index (χ0) is 13.5. The lowest BCUT2D eigenvalue weighted by Gasteiger charge is -2.15. The molecule has 0 atom stereocenters. The van der Waals surface area contributed by atoms with E-state index in [0.29, 0.717) is 24.4 Å². The molecule has 0 aliphatic heterocycles. The second kappa shape index (κ2) is 7.29. The van der Waals surface area contributed by atoms with Crippen molar-refractivity contribution in [3.63, 3.8) is 0 Å². The fourth-order valence-corrected chi connectivity index (χ4v) is 2.51. The van der Waals surface area contributed by atoms with Crippen LogP contribution < -0.4 is 5.73 Å². The highest BCUT2D eigenvalue weighted by Gasteiger charge is 2.10. The third-order valence-electron chi connectivity index (χ3n) is 2.31. The number of carbonyl (C=O) groups excluding carboxylic acids is 1. The summed E-state index contributed by atoms with van der Waals surface area (Å²) in [4.78, 5) is 14.2. The molecule has 1 amide bonds. The van der Waals surface area contributed by atoms with Gasteiger partial charge in [0.15, 0.2) is 0 Å². The van der Waals surface area contributed by atoms with Crippen molar-refractivity contribution in [3.8, 4) is 6.07 Å². The number of nitrogen functional groups attached to an aromatic ring is 1. The number of nitriles is 1. The quantitative estimate of drug-likeness (QED) is 0.666. The Hall–Kier alpha value is -1.19. The molecular weight excluding hydrogens is 314 g/mol. The Morgan fingerprint density at radius 1 is 1.61 bits per heavy atom. The van der Waals surface area contributed by atoms with Gasteiger partial charge in [0.1, 0.15) is 0 Å². The van der Waals surface area contributed by atoms with Gasteiger partial charge in [-0.15, -0.1) is 11.8 Å². The average Bonchev–Trinajstić information content (AvgIpc) is 2.34. The minimum Gasteiger partial charge on any atom is -0.398 e. The number of carbonyl (C=O) groups is 1. The third kappa shape index (κ3) is 4.59. The van der Waals surface area contributed by atoms with Crippen LogP contribution in [0.3, 0.4) is 0 Å². The number of nitrogens with two attached hydrogens (primary N) is 1. The number of amides is 1. The predicted octanol–water partition coefficient (Wildman–Crippen LogP) is 2.50. The van der Waals surface area contributed by atoms with E-state index < -0.39 is 0 Å². The van der Waals surface area contributed by atoms with Crippen molar-refractivity contribution in [1.29, 1.82) is 5.26 Å². The molecule has 2 N–H and O–H groups in total. The molecule has 0 saturated heterocycles. The minimum atomic E-state index is -0.00225. The van der Waals surface area contributed by atoms with Crippen LogP contribution in [0.15, 0.2) is 27.6 Å². The second-order valence-corrected chi connectivity index (χ2v) is 5.63. The summed E-state index contributed by atoms with van der Waals surface area (Å²) in [5.74, 6) is 0.325. The molecule has 1 rings (SSSR count). The lowest BCUT2D eigenvalue weighted by atomic mass is 10.3. The van der Waals surface area contributed by atoms with Crippen molar-refractivity contribution >= 4 is 39.3 Å². The highest BCUT2D eigenvalue weighted by atomic mass is 79.9. The van der Waals surface area contributed by atoms with Crippen molar-refractivity contribution < 1.29 is 4.79 Å². The van der Waals surface area contributed by atoms with Crippen LogP contribution >= 0.6 is 27.7 Å². The Labute approximate surface area is 119 Å². The van der Waals surface area contributed by atoms with Gasteiger partial charge in [-0.2, -0.15) is 5.26 Å². The van der Waals surface area contributed by atoms with Gasteiger partial charge in [-0.1, -0.05) is 15.9 Å². The first-order valence-corrected chi connectivity index (χ1v) is 7.11. The number of thioether (sulfide) groups is 1. The Morgan fingerprint density at radius 2 is 2.33 bits per heavy atom. The zero-order valence-electron chi connectivity index (χ0n) is 10.0. The van der Waals surface area contributed by atoms with Crippen LogP contribution in [0.2, 0.25) is 0 Å². The number of hydrogen-bond donors (Lipinski definition) is 1. The van der Waals surface area contributed by atoms with Crippen molar-refractivity contribution in [1.82, 2.24) is 4.90 Å². The van der Waals surface area contributed by atoms with Crippen molar-refractivity contribution in [3.05, 3.63) is 22.7 Å². The minimum absolute atomic E-state index is 0.00225. The van der Waals surface area contributed by atoms with E-state index in [1.54, 1.807) is 11.9 Å². The van der Waals surface area contributed by atoms with Crippen LogP contribution in [0.5, 0.6) is 0 Å². The molecule has 1 aromatic rings. The van der Waals surface area contributed by atoms with Gasteiger partial charge in [-0.3, -0.25) is 4.79 Å². The number of rotatable bonds is 5. The lowest BCUT2D eigenvalue weighted by Crippen LogP contribution is -2.29. The van der Waals surface area contributed by atoms with Crippen LogP contribution in [-0.2, 0) is 4.79 Å². The van der Waals surface area contributed by atoms with Crippen LogP contribution in [0, 0.1) is 11.3 Å². The third-order valence-corrected chi connectivity index (χ3v) is 3.88. The Morgan fingerprint density at radius 3 is 2.94 bits per heavy atom. The van der Waals surface area contributed by atoms with Crippen LogP contribution in [0.4, 0.5) is 5.69 Å². The second-order valence-electron chi connectivity index (χ2n) is 3.69. The summed E-state index contributed by atoms with van der Waals surface area (Å²) in [5, 5.41) is 8.45. The molecule has 0 aromatic heterocycles. The van der Waals surface area contributed by atoms with Gasteiger partial charge in [-0.25, -0.2) is 0 Å². The standard InChI is InChI=1S/C12H14BrN3OS/c1-16(6-2-5-14)12(17)8-18-11-4-3-9(13)7-10(11)15/h3-4,7H,2,6,8,15H2,1H3. The molecule has 0 saturated carbocycles. The van der Waals surface area contributed by atoms with E-state index in [2.05, 4.69) is 15.9 Å². The van der Waals surface area contributed by atoms with Gasteiger partial charge in [0.2, 0.25) is 5.91 Å². The molecule has 0 fully saturated rings. The summed E-state index contributed by atoms with van der Waals surface area (Å²) in [6.07, 6.45) is 0.354. The molecule has 96 valence electrons. The van der Waals surface area contributed by atoms with E-state index in [0.717, 1.165) is 9.37 Å². The van der Waals surface area contributed by atoms with Crippen LogP contribution in [-0.4, -0.2) is 30.2 Å². The molecule has 0 spiro atoms.